The lowest BCUT2D eigenvalue weighted by molar-refractivity contribution is -0.126. The highest BCUT2D eigenvalue weighted by Crippen LogP contribution is 2.65. The first-order valence-corrected chi connectivity index (χ1v) is 14.4. The zero-order valence-corrected chi connectivity index (χ0v) is 24.9. The van der Waals surface area contributed by atoms with Crippen LogP contribution in [0, 0.1) is 23.5 Å². The molecule has 0 saturated heterocycles. The SMILES string of the molecule is O=C(Nc1ccc(F)c(NC(=O)C2CC(O)C2)c1F)c1cc(NC(=O)[C@H]2[C@H](c3ccc(Cl)c(Cl)c3)C2(Cl)Cl)ccc1Cl. The van der Waals surface area contributed by atoms with Crippen molar-refractivity contribution in [1.82, 2.24) is 0 Å². The van der Waals surface area contributed by atoms with E-state index in [4.69, 9.17) is 58.0 Å². The van der Waals surface area contributed by atoms with Crippen LogP contribution in [0.3, 0.4) is 0 Å². The van der Waals surface area contributed by atoms with E-state index in [0.717, 1.165) is 12.1 Å². The van der Waals surface area contributed by atoms with Gasteiger partial charge in [-0.2, -0.15) is 0 Å². The number of amides is 3. The van der Waals surface area contributed by atoms with Crippen LogP contribution in [0.2, 0.25) is 15.1 Å². The van der Waals surface area contributed by atoms with Crippen LogP contribution in [-0.2, 0) is 9.59 Å². The van der Waals surface area contributed by atoms with Crippen molar-refractivity contribution in [2.75, 3.05) is 16.0 Å². The predicted octanol–water partition coefficient (Wildman–Crippen LogP) is 7.41. The Morgan fingerprint density at radius 1 is 0.833 bits per heavy atom. The molecule has 0 unspecified atom stereocenters. The lowest BCUT2D eigenvalue weighted by atomic mass is 9.82. The molecule has 42 heavy (non-hydrogen) atoms. The minimum Gasteiger partial charge on any atom is -0.393 e. The van der Waals surface area contributed by atoms with Crippen LogP contribution in [-0.4, -0.2) is 33.3 Å². The normalized spacial score (nSPS) is 22.1. The van der Waals surface area contributed by atoms with Crippen molar-refractivity contribution in [3.8, 4) is 0 Å². The van der Waals surface area contributed by atoms with E-state index >= 15 is 4.39 Å². The average Bonchev–Trinajstić information content (AvgIpc) is 3.50. The third-order valence-corrected chi connectivity index (χ3v) is 9.20. The van der Waals surface area contributed by atoms with E-state index in [-0.39, 0.29) is 34.1 Å². The van der Waals surface area contributed by atoms with E-state index in [1.54, 1.807) is 18.2 Å². The molecule has 2 atom stereocenters. The Balaban J connectivity index is 1.30. The van der Waals surface area contributed by atoms with Crippen LogP contribution in [0.5, 0.6) is 0 Å². The number of aliphatic hydroxyl groups excluding tert-OH is 1. The number of anilines is 3. The summed E-state index contributed by atoms with van der Waals surface area (Å²) >= 11 is 31.1. The maximum atomic E-state index is 15.1. The van der Waals surface area contributed by atoms with Crippen LogP contribution in [0.4, 0.5) is 25.8 Å². The number of benzene rings is 3. The maximum absolute atomic E-state index is 15.1. The Morgan fingerprint density at radius 3 is 2.19 bits per heavy atom. The summed E-state index contributed by atoms with van der Waals surface area (Å²) in [5.74, 6) is -6.31. The molecule has 0 aromatic heterocycles. The largest absolute Gasteiger partial charge is 0.393 e. The highest BCUT2D eigenvalue weighted by Gasteiger charge is 2.67. The molecule has 2 aliphatic rings. The first kappa shape index (κ1) is 30.8. The van der Waals surface area contributed by atoms with Crippen molar-refractivity contribution in [1.29, 1.82) is 0 Å². The fraction of sp³-hybridized carbons (Fsp3) is 0.250. The van der Waals surface area contributed by atoms with Crippen molar-refractivity contribution >= 4 is 92.8 Å². The van der Waals surface area contributed by atoms with Gasteiger partial charge in [0.25, 0.3) is 5.91 Å². The van der Waals surface area contributed by atoms with Gasteiger partial charge in [0.2, 0.25) is 11.8 Å². The van der Waals surface area contributed by atoms with Gasteiger partial charge in [0.15, 0.2) is 5.82 Å². The Morgan fingerprint density at radius 2 is 1.52 bits per heavy atom. The lowest BCUT2D eigenvalue weighted by Crippen LogP contribution is -2.37. The number of hydrogen-bond donors (Lipinski definition) is 4. The van der Waals surface area contributed by atoms with Gasteiger partial charge in [-0.25, -0.2) is 8.78 Å². The molecule has 0 heterocycles. The van der Waals surface area contributed by atoms with Gasteiger partial charge in [-0.05, 0) is 60.9 Å². The summed E-state index contributed by atoms with van der Waals surface area (Å²) in [6, 6.07) is 10.7. The first-order chi connectivity index (χ1) is 19.8. The summed E-state index contributed by atoms with van der Waals surface area (Å²) in [5.41, 5.74) is -0.501. The van der Waals surface area contributed by atoms with Gasteiger partial charge in [-0.1, -0.05) is 40.9 Å². The van der Waals surface area contributed by atoms with Crippen LogP contribution >= 0.6 is 58.0 Å². The number of halogens is 7. The smallest absolute Gasteiger partial charge is 0.257 e. The molecule has 0 radical (unpaired) electrons. The van der Waals surface area contributed by atoms with E-state index in [2.05, 4.69) is 16.0 Å². The number of hydrogen-bond acceptors (Lipinski definition) is 4. The quantitative estimate of drug-likeness (QED) is 0.195. The summed E-state index contributed by atoms with van der Waals surface area (Å²) in [6.07, 6.45) is -0.262. The molecule has 7 nitrogen and oxygen atoms in total. The molecule has 2 saturated carbocycles. The number of rotatable bonds is 7. The van der Waals surface area contributed by atoms with Crippen LogP contribution in [0.1, 0.15) is 34.7 Å². The number of alkyl halides is 2. The highest BCUT2D eigenvalue weighted by atomic mass is 35.5. The zero-order chi connectivity index (χ0) is 30.5. The predicted molar refractivity (Wildman–Crippen MR) is 159 cm³/mol. The third-order valence-electron chi connectivity index (χ3n) is 7.19. The molecule has 4 N–H and O–H groups in total. The second-order valence-electron chi connectivity index (χ2n) is 10.0. The molecule has 2 aliphatic carbocycles. The minimum absolute atomic E-state index is 0.0192. The summed E-state index contributed by atoms with van der Waals surface area (Å²) < 4.78 is 28.1. The van der Waals surface area contributed by atoms with Gasteiger partial charge in [-0.3, -0.25) is 14.4 Å². The molecule has 0 bridgehead atoms. The molecule has 3 aromatic rings. The van der Waals surface area contributed by atoms with Gasteiger partial charge in [0.05, 0.1) is 38.3 Å². The van der Waals surface area contributed by atoms with E-state index in [1.165, 1.54) is 18.2 Å². The van der Waals surface area contributed by atoms with Crippen molar-refractivity contribution < 1.29 is 28.3 Å². The van der Waals surface area contributed by atoms with Crippen molar-refractivity contribution in [2.24, 2.45) is 11.8 Å². The third kappa shape index (κ3) is 6.04. The standard InChI is InChI=1S/C28H20Cl5F2N3O4/c29-16-4-2-13(36-27(42)22-21(28(22,32)33)11-1-3-17(30)18(31)9-11)10-15(16)26(41)37-20-6-5-19(34)24(23(20)35)38-25(40)12-7-14(39)8-12/h1-6,9-10,12,14,21-22,39H,7-8H2,(H,36,42)(H,37,41)(H,38,40)/t12?,14?,21-,22+/m0/s1. The van der Waals surface area contributed by atoms with E-state index in [0.29, 0.717) is 10.6 Å². The minimum atomic E-state index is -1.42. The highest BCUT2D eigenvalue weighted by molar-refractivity contribution is 6.53. The van der Waals surface area contributed by atoms with Crippen LogP contribution in [0.15, 0.2) is 48.5 Å². The topological polar surface area (TPSA) is 108 Å². The maximum Gasteiger partial charge on any atom is 0.257 e. The molecular formula is C28H20Cl5F2N3O4. The molecule has 0 spiro atoms. The van der Waals surface area contributed by atoms with Crippen LogP contribution in [0.25, 0.3) is 0 Å². The zero-order valence-electron chi connectivity index (χ0n) is 21.2. The Kier molecular flexibility index (Phi) is 8.64. The van der Waals surface area contributed by atoms with E-state index in [1.807, 2.05) is 0 Å². The molecule has 14 heteroatoms. The molecule has 3 amide bonds. The first-order valence-electron chi connectivity index (χ1n) is 12.5. The van der Waals surface area contributed by atoms with Gasteiger partial charge in [-0.15, -0.1) is 23.2 Å². The Hall–Kier alpha value is -2.66. The summed E-state index contributed by atoms with van der Waals surface area (Å²) in [6.45, 7) is 0. The van der Waals surface area contributed by atoms with Gasteiger partial charge in [0.1, 0.15) is 15.8 Å². The summed E-state index contributed by atoms with van der Waals surface area (Å²) in [7, 11) is 0. The van der Waals surface area contributed by atoms with Crippen molar-refractivity contribution in [2.45, 2.75) is 29.2 Å². The number of carbonyl (C=O) groups is 3. The van der Waals surface area contributed by atoms with E-state index in [9.17, 15) is 23.9 Å². The lowest BCUT2D eigenvalue weighted by Gasteiger charge is -2.30. The monoisotopic (exact) mass is 675 g/mol. The van der Waals surface area contributed by atoms with Crippen molar-refractivity contribution in [3.63, 3.8) is 0 Å². The van der Waals surface area contributed by atoms with Gasteiger partial charge in [0, 0.05) is 17.5 Å². The Bertz CT molecular complexity index is 1620. The van der Waals surface area contributed by atoms with Crippen LogP contribution < -0.4 is 16.0 Å². The van der Waals surface area contributed by atoms with Gasteiger partial charge < -0.3 is 21.1 Å². The number of nitrogens with one attached hydrogen (secondary N) is 3. The second kappa shape index (κ2) is 11.8. The molecule has 0 aliphatic heterocycles. The number of aliphatic hydroxyl groups is 1. The summed E-state index contributed by atoms with van der Waals surface area (Å²) in [4.78, 5) is 38.4. The Labute approximate surface area is 263 Å². The molecule has 220 valence electrons. The fourth-order valence-electron chi connectivity index (χ4n) is 4.75. The van der Waals surface area contributed by atoms with Crippen molar-refractivity contribution in [3.05, 3.63) is 86.4 Å². The second-order valence-corrected chi connectivity index (χ2v) is 12.7. The molecule has 2 fully saturated rings. The fourth-order valence-corrected chi connectivity index (χ4v) is 6.09. The molecular weight excluding hydrogens is 658 g/mol. The molecule has 3 aromatic carbocycles. The average molecular weight is 678 g/mol. The summed E-state index contributed by atoms with van der Waals surface area (Å²) in [5, 5.41) is 17.1. The number of carbonyl (C=O) groups excluding carboxylic acids is 3. The molecule has 5 rings (SSSR count). The van der Waals surface area contributed by atoms with Gasteiger partial charge >= 0.3 is 0 Å². The van der Waals surface area contributed by atoms with E-state index < -0.39 is 68.9 Å².